The second kappa shape index (κ2) is 6.02. The molecule has 1 amide bonds. The maximum absolute atomic E-state index is 11.3. The molecule has 0 aromatic heterocycles. The van der Waals surface area contributed by atoms with Gasteiger partial charge in [-0.05, 0) is 32.4 Å². The summed E-state index contributed by atoms with van der Waals surface area (Å²) >= 11 is 0. The molecule has 3 heteroatoms. The first-order valence-corrected chi connectivity index (χ1v) is 5.67. The number of hydrogen-bond acceptors (Lipinski definition) is 2. The number of carbonyl (C=O) groups excluding carboxylic acids is 1. The number of carbonyl (C=O) groups is 1. The van der Waals surface area contributed by atoms with Crippen molar-refractivity contribution in [3.05, 3.63) is 0 Å². The van der Waals surface area contributed by atoms with E-state index in [1.807, 2.05) is 0 Å². The SMILES string of the molecule is CCCCC(=O)NCC1CCN(C)C1. The van der Waals surface area contributed by atoms with Crippen LogP contribution < -0.4 is 5.32 Å². The Morgan fingerprint density at radius 2 is 2.36 bits per heavy atom. The summed E-state index contributed by atoms with van der Waals surface area (Å²) in [6, 6.07) is 0. The van der Waals surface area contributed by atoms with Gasteiger partial charge in [-0.1, -0.05) is 13.3 Å². The Morgan fingerprint density at radius 3 is 2.93 bits per heavy atom. The minimum absolute atomic E-state index is 0.224. The second-order valence-electron chi connectivity index (χ2n) is 4.32. The number of unbranched alkanes of at least 4 members (excludes halogenated alkanes) is 1. The number of amides is 1. The van der Waals surface area contributed by atoms with Crippen LogP contribution in [0.25, 0.3) is 0 Å². The highest BCUT2D eigenvalue weighted by atomic mass is 16.1. The Balaban J connectivity index is 2.05. The van der Waals surface area contributed by atoms with Crippen molar-refractivity contribution in [2.75, 3.05) is 26.7 Å². The molecule has 1 rings (SSSR count). The van der Waals surface area contributed by atoms with Crippen molar-refractivity contribution in [3.8, 4) is 0 Å². The molecule has 14 heavy (non-hydrogen) atoms. The maximum Gasteiger partial charge on any atom is 0.220 e. The van der Waals surface area contributed by atoms with Crippen molar-refractivity contribution >= 4 is 5.91 Å². The lowest BCUT2D eigenvalue weighted by molar-refractivity contribution is -0.121. The van der Waals surface area contributed by atoms with Gasteiger partial charge in [0.25, 0.3) is 0 Å². The lowest BCUT2D eigenvalue weighted by atomic mass is 10.1. The number of nitrogens with zero attached hydrogens (tertiary/aromatic N) is 1. The maximum atomic E-state index is 11.3. The van der Waals surface area contributed by atoms with Crippen LogP contribution in [0.1, 0.15) is 32.6 Å². The summed E-state index contributed by atoms with van der Waals surface area (Å²) in [4.78, 5) is 13.6. The van der Waals surface area contributed by atoms with Crippen LogP contribution in [0.5, 0.6) is 0 Å². The van der Waals surface area contributed by atoms with Crippen LogP contribution in [-0.2, 0) is 4.79 Å². The Kier molecular flexibility index (Phi) is 4.94. The van der Waals surface area contributed by atoms with Gasteiger partial charge in [0, 0.05) is 19.5 Å². The van der Waals surface area contributed by atoms with Crippen LogP contribution in [0.2, 0.25) is 0 Å². The quantitative estimate of drug-likeness (QED) is 0.721. The monoisotopic (exact) mass is 198 g/mol. The Hall–Kier alpha value is -0.570. The zero-order chi connectivity index (χ0) is 10.4. The first kappa shape index (κ1) is 11.5. The van der Waals surface area contributed by atoms with Gasteiger partial charge in [-0.2, -0.15) is 0 Å². The van der Waals surface area contributed by atoms with Crippen LogP contribution >= 0.6 is 0 Å². The van der Waals surface area contributed by atoms with Crippen molar-refractivity contribution in [2.45, 2.75) is 32.6 Å². The third-order valence-electron chi connectivity index (χ3n) is 2.83. The number of likely N-dealkylation sites (tertiary alicyclic amines) is 1. The fraction of sp³-hybridized carbons (Fsp3) is 0.909. The van der Waals surface area contributed by atoms with Gasteiger partial charge in [-0.25, -0.2) is 0 Å². The smallest absolute Gasteiger partial charge is 0.220 e. The minimum atomic E-state index is 0.224. The Labute approximate surface area is 86.9 Å². The van der Waals surface area contributed by atoms with Gasteiger partial charge in [0.05, 0.1) is 0 Å². The number of hydrogen-bond donors (Lipinski definition) is 1. The van der Waals surface area contributed by atoms with Crippen LogP contribution in [0, 0.1) is 5.92 Å². The molecule has 1 fully saturated rings. The molecule has 0 radical (unpaired) electrons. The highest BCUT2D eigenvalue weighted by molar-refractivity contribution is 5.75. The van der Waals surface area contributed by atoms with E-state index in [0.29, 0.717) is 12.3 Å². The third-order valence-corrected chi connectivity index (χ3v) is 2.83. The lowest BCUT2D eigenvalue weighted by Gasteiger charge is -2.11. The molecule has 0 aromatic rings. The summed E-state index contributed by atoms with van der Waals surface area (Å²) in [7, 11) is 2.14. The molecule has 1 atom stereocenters. The highest BCUT2D eigenvalue weighted by Gasteiger charge is 2.19. The third kappa shape index (κ3) is 4.09. The van der Waals surface area contributed by atoms with Gasteiger partial charge in [0.15, 0.2) is 0 Å². The summed E-state index contributed by atoms with van der Waals surface area (Å²) < 4.78 is 0. The predicted octanol–water partition coefficient (Wildman–Crippen LogP) is 1.24. The number of rotatable bonds is 5. The van der Waals surface area contributed by atoms with E-state index < -0.39 is 0 Å². The van der Waals surface area contributed by atoms with Gasteiger partial charge in [0.2, 0.25) is 5.91 Å². The molecular weight excluding hydrogens is 176 g/mol. The molecule has 1 aliphatic rings. The largest absolute Gasteiger partial charge is 0.356 e. The topological polar surface area (TPSA) is 32.3 Å². The van der Waals surface area contributed by atoms with Crippen molar-refractivity contribution < 1.29 is 4.79 Å². The van der Waals surface area contributed by atoms with Crippen molar-refractivity contribution in [2.24, 2.45) is 5.92 Å². The van der Waals surface area contributed by atoms with Gasteiger partial charge >= 0.3 is 0 Å². The molecule has 0 aliphatic carbocycles. The van der Waals surface area contributed by atoms with Gasteiger partial charge in [0.1, 0.15) is 0 Å². The average molecular weight is 198 g/mol. The molecule has 1 unspecified atom stereocenters. The van der Waals surface area contributed by atoms with E-state index in [2.05, 4.69) is 24.2 Å². The molecule has 1 saturated heterocycles. The van der Waals surface area contributed by atoms with Gasteiger partial charge < -0.3 is 10.2 Å². The average Bonchev–Trinajstić information content (AvgIpc) is 2.58. The summed E-state index contributed by atoms with van der Waals surface area (Å²) in [5, 5.41) is 3.01. The molecule has 0 saturated carbocycles. The molecule has 1 heterocycles. The molecule has 82 valence electrons. The Morgan fingerprint density at radius 1 is 1.57 bits per heavy atom. The summed E-state index contributed by atoms with van der Waals surface area (Å²) in [5.74, 6) is 0.895. The van der Waals surface area contributed by atoms with Crippen molar-refractivity contribution in [1.82, 2.24) is 10.2 Å². The lowest BCUT2D eigenvalue weighted by Crippen LogP contribution is -2.30. The predicted molar refractivity (Wildman–Crippen MR) is 58.1 cm³/mol. The number of nitrogens with one attached hydrogen (secondary N) is 1. The molecule has 0 spiro atoms. The zero-order valence-corrected chi connectivity index (χ0v) is 9.38. The Bertz CT molecular complexity index is 182. The van der Waals surface area contributed by atoms with E-state index in [4.69, 9.17) is 0 Å². The summed E-state index contributed by atoms with van der Waals surface area (Å²) in [6.45, 7) is 5.29. The molecule has 0 aromatic carbocycles. The van der Waals surface area contributed by atoms with Crippen molar-refractivity contribution in [3.63, 3.8) is 0 Å². The van der Waals surface area contributed by atoms with Crippen LogP contribution in [0.15, 0.2) is 0 Å². The minimum Gasteiger partial charge on any atom is -0.356 e. The second-order valence-corrected chi connectivity index (χ2v) is 4.32. The van der Waals surface area contributed by atoms with Crippen molar-refractivity contribution in [1.29, 1.82) is 0 Å². The fourth-order valence-electron chi connectivity index (χ4n) is 1.88. The van der Waals surface area contributed by atoms with Gasteiger partial charge in [-0.3, -0.25) is 4.79 Å². The first-order valence-electron chi connectivity index (χ1n) is 5.67. The molecule has 0 bridgehead atoms. The van der Waals surface area contributed by atoms with E-state index in [1.165, 1.54) is 13.0 Å². The van der Waals surface area contributed by atoms with Crippen LogP contribution in [-0.4, -0.2) is 37.5 Å². The molecule has 3 nitrogen and oxygen atoms in total. The van der Waals surface area contributed by atoms with E-state index in [1.54, 1.807) is 0 Å². The van der Waals surface area contributed by atoms with Crippen LogP contribution in [0.4, 0.5) is 0 Å². The molecular formula is C11H22N2O. The normalized spacial score (nSPS) is 22.6. The van der Waals surface area contributed by atoms with Gasteiger partial charge in [-0.15, -0.1) is 0 Å². The van der Waals surface area contributed by atoms with E-state index >= 15 is 0 Å². The van der Waals surface area contributed by atoms with Crippen LogP contribution in [0.3, 0.4) is 0 Å². The summed E-state index contributed by atoms with van der Waals surface area (Å²) in [6.07, 6.45) is 4.03. The molecule has 1 N–H and O–H groups in total. The van der Waals surface area contributed by atoms with E-state index in [-0.39, 0.29) is 5.91 Å². The standard InChI is InChI=1S/C11H22N2O/c1-3-4-5-11(14)12-8-10-6-7-13(2)9-10/h10H,3-9H2,1-2H3,(H,12,14). The molecule has 1 aliphatic heterocycles. The highest BCUT2D eigenvalue weighted by Crippen LogP contribution is 2.12. The van der Waals surface area contributed by atoms with E-state index in [0.717, 1.165) is 25.9 Å². The fourth-order valence-corrected chi connectivity index (χ4v) is 1.88. The van der Waals surface area contributed by atoms with E-state index in [9.17, 15) is 4.79 Å². The zero-order valence-electron chi connectivity index (χ0n) is 9.38. The summed E-state index contributed by atoms with van der Waals surface area (Å²) in [5.41, 5.74) is 0. The first-order chi connectivity index (χ1) is 6.72.